The molecule has 0 atom stereocenters. The van der Waals surface area contributed by atoms with E-state index in [1.54, 1.807) is 0 Å². The van der Waals surface area contributed by atoms with Crippen molar-refractivity contribution < 1.29 is 4.42 Å². The lowest BCUT2D eigenvalue weighted by Crippen LogP contribution is -2.10. The third-order valence-corrected chi connectivity index (χ3v) is 12.1. The number of rotatable bonds is 7. The number of hydrogen-bond donors (Lipinski definition) is 0. The fourth-order valence-electron chi connectivity index (χ4n) is 9.34. The van der Waals surface area contributed by atoms with Crippen LogP contribution in [0.4, 0.5) is 17.1 Å². The van der Waals surface area contributed by atoms with Gasteiger partial charge in [-0.15, -0.1) is 0 Å². The lowest BCUT2D eigenvalue weighted by molar-refractivity contribution is 0.670. The maximum atomic E-state index is 6.55. The van der Waals surface area contributed by atoms with Crippen molar-refractivity contribution in [3.63, 3.8) is 0 Å². The number of para-hydroxylation sites is 5. The predicted octanol–water partition coefficient (Wildman–Crippen LogP) is 16.3. The van der Waals surface area contributed by atoms with Crippen molar-refractivity contribution in [3.8, 4) is 39.1 Å². The molecular formula is C58H38N2O. The van der Waals surface area contributed by atoms with E-state index in [0.717, 1.165) is 72.5 Å². The summed E-state index contributed by atoms with van der Waals surface area (Å²) in [5.74, 6) is 0. The van der Waals surface area contributed by atoms with Crippen LogP contribution in [-0.2, 0) is 0 Å². The average molecular weight is 779 g/mol. The highest BCUT2D eigenvalue weighted by atomic mass is 16.3. The molecule has 61 heavy (non-hydrogen) atoms. The van der Waals surface area contributed by atoms with Gasteiger partial charge in [0.1, 0.15) is 11.2 Å². The van der Waals surface area contributed by atoms with E-state index in [-0.39, 0.29) is 0 Å². The van der Waals surface area contributed by atoms with Crippen LogP contribution < -0.4 is 4.90 Å². The lowest BCUT2D eigenvalue weighted by atomic mass is 9.99. The van der Waals surface area contributed by atoms with Crippen LogP contribution in [0.1, 0.15) is 0 Å². The Morgan fingerprint density at radius 1 is 0.328 bits per heavy atom. The van der Waals surface area contributed by atoms with E-state index in [2.05, 4.69) is 228 Å². The molecule has 0 aliphatic heterocycles. The SMILES string of the molecule is c1cc(-c2ccc3ccccc3c2)cc(N(c2cccc(-c3ccccc3-n3c4ccccc4c4ccccc43)c2)c2cccc(-c3cccc4c3oc3ccccc34)c2)c1. The average Bonchev–Trinajstić information content (AvgIpc) is 3.88. The van der Waals surface area contributed by atoms with Crippen molar-refractivity contribution in [2.75, 3.05) is 4.90 Å². The van der Waals surface area contributed by atoms with Gasteiger partial charge in [0.05, 0.1) is 16.7 Å². The van der Waals surface area contributed by atoms with Crippen molar-refractivity contribution in [2.24, 2.45) is 0 Å². The number of anilines is 3. The molecule has 12 rings (SSSR count). The highest BCUT2D eigenvalue weighted by Crippen LogP contribution is 2.43. The van der Waals surface area contributed by atoms with Gasteiger partial charge in [-0.3, -0.25) is 0 Å². The van der Waals surface area contributed by atoms with Gasteiger partial charge >= 0.3 is 0 Å². The van der Waals surface area contributed by atoms with Crippen molar-refractivity contribution in [3.05, 3.63) is 231 Å². The normalized spacial score (nSPS) is 11.6. The van der Waals surface area contributed by atoms with E-state index in [0.29, 0.717) is 0 Å². The number of benzene rings is 10. The van der Waals surface area contributed by atoms with Gasteiger partial charge in [-0.05, 0) is 99.8 Å². The molecular weight excluding hydrogens is 741 g/mol. The molecule has 12 aromatic rings. The second-order valence-corrected chi connectivity index (χ2v) is 15.7. The molecule has 3 heteroatoms. The molecule has 0 amide bonds. The molecule has 0 saturated carbocycles. The first kappa shape index (κ1) is 34.9. The molecule has 0 unspecified atom stereocenters. The summed E-state index contributed by atoms with van der Waals surface area (Å²) >= 11 is 0. The molecule has 2 heterocycles. The summed E-state index contributed by atoms with van der Waals surface area (Å²) in [6, 6.07) is 83.0. The minimum atomic E-state index is 0.895. The predicted molar refractivity (Wildman–Crippen MR) is 257 cm³/mol. The van der Waals surface area contributed by atoms with E-state index in [9.17, 15) is 0 Å². The Kier molecular flexibility index (Phi) is 8.17. The molecule has 0 N–H and O–H groups in total. The van der Waals surface area contributed by atoms with Crippen LogP contribution in [0.15, 0.2) is 235 Å². The Balaban J connectivity index is 1.04. The van der Waals surface area contributed by atoms with E-state index >= 15 is 0 Å². The van der Waals surface area contributed by atoms with Crippen molar-refractivity contribution in [1.82, 2.24) is 4.57 Å². The topological polar surface area (TPSA) is 21.3 Å². The molecule has 10 aromatic carbocycles. The maximum absolute atomic E-state index is 6.55. The summed E-state index contributed by atoms with van der Waals surface area (Å²) in [6.45, 7) is 0. The van der Waals surface area contributed by atoms with Crippen LogP contribution in [0.5, 0.6) is 0 Å². The van der Waals surface area contributed by atoms with Crippen LogP contribution in [-0.4, -0.2) is 4.57 Å². The van der Waals surface area contributed by atoms with Crippen molar-refractivity contribution in [2.45, 2.75) is 0 Å². The van der Waals surface area contributed by atoms with Gasteiger partial charge in [0.2, 0.25) is 0 Å². The zero-order valence-electron chi connectivity index (χ0n) is 33.2. The Morgan fingerprint density at radius 2 is 0.836 bits per heavy atom. The first-order chi connectivity index (χ1) is 30.2. The Morgan fingerprint density at radius 3 is 1.57 bits per heavy atom. The van der Waals surface area contributed by atoms with E-state index < -0.39 is 0 Å². The summed E-state index contributed by atoms with van der Waals surface area (Å²) < 4.78 is 8.96. The Bertz CT molecular complexity index is 3570. The number of nitrogens with zero attached hydrogens (tertiary/aromatic N) is 2. The quantitative estimate of drug-likeness (QED) is 0.161. The Labute approximate surface area is 353 Å². The van der Waals surface area contributed by atoms with Gasteiger partial charge in [-0.2, -0.15) is 0 Å². The summed E-state index contributed by atoms with van der Waals surface area (Å²) in [4.78, 5) is 2.39. The fraction of sp³-hybridized carbons (Fsp3) is 0. The summed E-state index contributed by atoms with van der Waals surface area (Å²) in [5, 5.41) is 7.20. The molecule has 0 aliphatic rings. The standard InChI is InChI=1S/C58H38N2O/c1-2-16-40-35-42(34-33-39(40)15-1)41-17-11-20-45(36-41)59(47-22-13-19-44(38-47)49-27-14-28-53-52-26-6-10-32-57(52)61-58(49)53)46-21-12-18-43(37-46)48-23-3-7-29-54(48)60-55-30-8-4-24-50(55)51-25-5-9-31-56(51)60/h1-38H. The second kappa shape index (κ2) is 14.3. The molecule has 286 valence electrons. The molecule has 0 radical (unpaired) electrons. The summed E-state index contributed by atoms with van der Waals surface area (Å²) in [6.07, 6.45) is 0. The molecule has 0 bridgehead atoms. The molecule has 0 spiro atoms. The van der Waals surface area contributed by atoms with Crippen LogP contribution in [0.2, 0.25) is 0 Å². The number of aromatic nitrogens is 1. The van der Waals surface area contributed by atoms with Gasteiger partial charge in [0.15, 0.2) is 0 Å². The monoisotopic (exact) mass is 778 g/mol. The number of fused-ring (bicyclic) bond motifs is 7. The van der Waals surface area contributed by atoms with E-state index in [1.807, 2.05) is 12.1 Å². The molecule has 0 fully saturated rings. The highest BCUT2D eigenvalue weighted by molar-refractivity contribution is 6.11. The smallest absolute Gasteiger partial charge is 0.143 e. The third kappa shape index (κ3) is 5.90. The molecule has 3 nitrogen and oxygen atoms in total. The zero-order chi connectivity index (χ0) is 40.3. The van der Waals surface area contributed by atoms with Crippen molar-refractivity contribution in [1.29, 1.82) is 0 Å². The third-order valence-electron chi connectivity index (χ3n) is 12.1. The minimum Gasteiger partial charge on any atom is -0.455 e. The largest absolute Gasteiger partial charge is 0.455 e. The summed E-state index contributed by atoms with van der Waals surface area (Å²) in [7, 11) is 0. The molecule has 2 aromatic heterocycles. The van der Waals surface area contributed by atoms with Crippen molar-refractivity contribution >= 4 is 71.6 Å². The number of hydrogen-bond acceptors (Lipinski definition) is 2. The van der Waals surface area contributed by atoms with Gasteiger partial charge in [-0.1, -0.05) is 164 Å². The van der Waals surface area contributed by atoms with Gasteiger partial charge in [-0.25, -0.2) is 0 Å². The number of furan rings is 1. The zero-order valence-corrected chi connectivity index (χ0v) is 33.2. The lowest BCUT2D eigenvalue weighted by Gasteiger charge is -2.27. The van der Waals surface area contributed by atoms with E-state index in [4.69, 9.17) is 4.42 Å². The minimum absolute atomic E-state index is 0.895. The Hall–Kier alpha value is -8.14. The van der Waals surface area contributed by atoms with Gasteiger partial charge in [0, 0.05) is 49.7 Å². The molecule has 0 aliphatic carbocycles. The van der Waals surface area contributed by atoms with Crippen LogP contribution in [0.3, 0.4) is 0 Å². The van der Waals surface area contributed by atoms with E-state index in [1.165, 1.54) is 38.1 Å². The first-order valence-electron chi connectivity index (χ1n) is 20.8. The van der Waals surface area contributed by atoms with Gasteiger partial charge in [0.25, 0.3) is 0 Å². The second-order valence-electron chi connectivity index (χ2n) is 15.7. The highest BCUT2D eigenvalue weighted by Gasteiger charge is 2.20. The van der Waals surface area contributed by atoms with Crippen LogP contribution in [0, 0.1) is 0 Å². The fourth-order valence-corrected chi connectivity index (χ4v) is 9.34. The van der Waals surface area contributed by atoms with Crippen LogP contribution >= 0.6 is 0 Å². The first-order valence-corrected chi connectivity index (χ1v) is 20.8. The summed E-state index contributed by atoms with van der Waals surface area (Å²) in [5.41, 5.74) is 15.3. The van der Waals surface area contributed by atoms with Crippen LogP contribution in [0.25, 0.3) is 93.6 Å². The van der Waals surface area contributed by atoms with Gasteiger partial charge < -0.3 is 13.9 Å². The molecule has 0 saturated heterocycles. The maximum Gasteiger partial charge on any atom is 0.143 e.